The van der Waals surface area contributed by atoms with Gasteiger partial charge in [0.2, 0.25) is 0 Å². The summed E-state index contributed by atoms with van der Waals surface area (Å²) >= 11 is 0. The van der Waals surface area contributed by atoms with Gasteiger partial charge in [0.15, 0.2) is 0 Å². The van der Waals surface area contributed by atoms with Gasteiger partial charge in [0, 0.05) is 13.1 Å². The van der Waals surface area contributed by atoms with Crippen LogP contribution in [0.1, 0.15) is 18.4 Å². The summed E-state index contributed by atoms with van der Waals surface area (Å²) < 4.78 is 0. The molecule has 2 heteroatoms. The number of rotatable bonds is 1. The molecule has 1 aliphatic heterocycles. The van der Waals surface area contributed by atoms with Gasteiger partial charge in [-0.05, 0) is 12.8 Å². The van der Waals surface area contributed by atoms with E-state index in [1.165, 1.54) is 37.2 Å². The third-order valence-electron chi connectivity index (χ3n) is 2.37. The van der Waals surface area contributed by atoms with Gasteiger partial charge < -0.3 is 4.90 Å². The Balaban J connectivity index is 0.000000845. The summed E-state index contributed by atoms with van der Waals surface area (Å²) in [5, 5.41) is 0. The van der Waals surface area contributed by atoms with Crippen molar-refractivity contribution in [3.8, 4) is 0 Å². The third-order valence-corrected chi connectivity index (χ3v) is 2.37. The van der Waals surface area contributed by atoms with Crippen molar-refractivity contribution in [1.29, 1.82) is 0 Å². The second-order valence-corrected chi connectivity index (χ2v) is 3.41. The fourth-order valence-electron chi connectivity index (χ4n) is 1.71. The van der Waals surface area contributed by atoms with Gasteiger partial charge in [0.1, 0.15) is 0 Å². The molecule has 0 atom stereocenters. The topological polar surface area (TPSA) is 3.24 Å². The molecule has 0 radical (unpaired) electrons. The van der Waals surface area contributed by atoms with Crippen LogP contribution in [0.5, 0.6) is 0 Å². The van der Waals surface area contributed by atoms with Crippen molar-refractivity contribution >= 4 is 5.69 Å². The molecule has 1 fully saturated rings. The van der Waals surface area contributed by atoms with Crippen molar-refractivity contribution in [2.45, 2.75) is 19.8 Å². The van der Waals surface area contributed by atoms with Crippen molar-refractivity contribution in [2.75, 3.05) is 18.0 Å². The number of aryl methyl sites for hydroxylation is 1. The van der Waals surface area contributed by atoms with E-state index in [0.29, 0.717) is 0 Å². The van der Waals surface area contributed by atoms with E-state index in [1.54, 1.807) is 0 Å². The maximum Gasteiger partial charge on any atom is 1.00 e. The molecule has 0 unspecified atom stereocenters. The molecule has 0 aromatic heterocycles. The Morgan fingerprint density at radius 3 is 2.54 bits per heavy atom. The molecule has 1 saturated heterocycles. The van der Waals surface area contributed by atoms with Gasteiger partial charge in [0.25, 0.3) is 0 Å². The predicted octanol–water partition coefficient (Wildman–Crippen LogP) is -0.601. The first-order chi connectivity index (χ1) is 5.86. The fourth-order valence-corrected chi connectivity index (χ4v) is 1.71. The van der Waals surface area contributed by atoms with E-state index in [0.717, 1.165) is 0 Å². The molecule has 1 aromatic carbocycles. The van der Waals surface area contributed by atoms with E-state index >= 15 is 0 Å². The molecule has 0 N–H and O–H groups in total. The average Bonchev–Trinajstić information content (AvgIpc) is 2.56. The monoisotopic (exact) mass is 167 g/mol. The Kier molecular flexibility index (Phi) is 3.90. The third kappa shape index (κ3) is 2.53. The van der Waals surface area contributed by atoms with Crippen LogP contribution in [-0.2, 0) is 0 Å². The zero-order valence-electron chi connectivity index (χ0n) is 8.51. The molecular formula is C11H14LiN. The summed E-state index contributed by atoms with van der Waals surface area (Å²) in [6.07, 6.45) is 2.67. The standard InChI is InChI=1S/C11H14N.Li/c1-10-5-4-6-11(9-10)12-7-2-3-8-12;/h4-6H,2-3,7-8H2,1H3;/q-1;+1. The van der Waals surface area contributed by atoms with E-state index in [4.69, 9.17) is 0 Å². The Morgan fingerprint density at radius 2 is 1.92 bits per heavy atom. The van der Waals surface area contributed by atoms with Crippen molar-refractivity contribution in [1.82, 2.24) is 0 Å². The van der Waals surface area contributed by atoms with Crippen molar-refractivity contribution in [3.05, 3.63) is 29.8 Å². The molecule has 0 saturated carbocycles. The molecule has 0 spiro atoms. The van der Waals surface area contributed by atoms with Gasteiger partial charge in [0.05, 0.1) is 0 Å². The van der Waals surface area contributed by atoms with Crippen LogP contribution in [0.2, 0.25) is 0 Å². The zero-order chi connectivity index (χ0) is 8.39. The minimum Gasteiger partial charge on any atom is -0.394 e. The molecule has 13 heavy (non-hydrogen) atoms. The number of hydrogen-bond acceptors (Lipinski definition) is 1. The molecule has 0 amide bonds. The summed E-state index contributed by atoms with van der Waals surface area (Å²) in [6.45, 7) is 4.51. The minimum absolute atomic E-state index is 0. The van der Waals surface area contributed by atoms with Gasteiger partial charge in [-0.1, -0.05) is 12.6 Å². The Labute approximate surface area is 92.3 Å². The van der Waals surface area contributed by atoms with Gasteiger partial charge in [-0.3, -0.25) is 0 Å². The van der Waals surface area contributed by atoms with Crippen LogP contribution in [0, 0.1) is 13.0 Å². The first-order valence-corrected chi connectivity index (χ1v) is 4.60. The summed E-state index contributed by atoms with van der Waals surface area (Å²) in [7, 11) is 0. The molecule has 64 valence electrons. The Hall–Kier alpha value is -0.383. The van der Waals surface area contributed by atoms with Crippen LogP contribution in [0.25, 0.3) is 0 Å². The minimum atomic E-state index is 0. The summed E-state index contributed by atoms with van der Waals surface area (Å²) in [4.78, 5) is 2.41. The second-order valence-electron chi connectivity index (χ2n) is 3.41. The van der Waals surface area contributed by atoms with Gasteiger partial charge in [-0.2, -0.15) is 23.8 Å². The van der Waals surface area contributed by atoms with Crippen LogP contribution < -0.4 is 23.8 Å². The number of nitrogens with zero attached hydrogens (tertiary/aromatic N) is 1. The molecule has 0 aliphatic carbocycles. The SMILES string of the molecule is Cc1[c-]c(N2CCCC2)ccc1.[Li+]. The summed E-state index contributed by atoms with van der Waals surface area (Å²) in [6, 6.07) is 9.73. The Morgan fingerprint density at radius 1 is 1.23 bits per heavy atom. The van der Waals surface area contributed by atoms with Crippen LogP contribution in [-0.4, -0.2) is 13.1 Å². The van der Waals surface area contributed by atoms with E-state index < -0.39 is 0 Å². The van der Waals surface area contributed by atoms with Crippen LogP contribution in [0.4, 0.5) is 5.69 Å². The molecule has 2 rings (SSSR count). The van der Waals surface area contributed by atoms with Gasteiger partial charge in [-0.25, -0.2) is 0 Å². The predicted molar refractivity (Wildman–Crippen MR) is 51.5 cm³/mol. The first-order valence-electron chi connectivity index (χ1n) is 4.60. The number of hydrogen-bond donors (Lipinski definition) is 0. The second kappa shape index (κ2) is 4.74. The summed E-state index contributed by atoms with van der Waals surface area (Å²) in [5.74, 6) is 0. The quantitative estimate of drug-likeness (QED) is 0.399. The maximum absolute atomic E-state index is 3.38. The van der Waals surface area contributed by atoms with Crippen LogP contribution >= 0.6 is 0 Å². The smallest absolute Gasteiger partial charge is 0.394 e. The van der Waals surface area contributed by atoms with Crippen LogP contribution in [0.15, 0.2) is 18.2 Å². The fraction of sp³-hybridized carbons (Fsp3) is 0.455. The molecule has 1 heterocycles. The largest absolute Gasteiger partial charge is 1.00 e. The van der Waals surface area contributed by atoms with Crippen molar-refractivity contribution < 1.29 is 18.9 Å². The number of benzene rings is 1. The molecular weight excluding hydrogens is 153 g/mol. The van der Waals surface area contributed by atoms with Crippen LogP contribution in [0.3, 0.4) is 0 Å². The van der Waals surface area contributed by atoms with Crippen molar-refractivity contribution in [3.63, 3.8) is 0 Å². The van der Waals surface area contributed by atoms with E-state index in [9.17, 15) is 0 Å². The van der Waals surface area contributed by atoms with Gasteiger partial charge in [-0.15, -0.1) is 6.07 Å². The average molecular weight is 167 g/mol. The molecule has 0 bridgehead atoms. The van der Waals surface area contributed by atoms with Gasteiger partial charge >= 0.3 is 18.9 Å². The number of anilines is 1. The summed E-state index contributed by atoms with van der Waals surface area (Å²) in [5.41, 5.74) is 2.51. The van der Waals surface area contributed by atoms with E-state index in [-0.39, 0.29) is 18.9 Å². The molecule has 1 aromatic rings. The normalized spacial score (nSPS) is 15.6. The molecule has 1 nitrogen and oxygen atoms in total. The Bertz CT molecular complexity index is 267. The van der Waals surface area contributed by atoms with E-state index in [2.05, 4.69) is 36.1 Å². The maximum atomic E-state index is 3.38. The molecule has 1 aliphatic rings. The van der Waals surface area contributed by atoms with Crippen molar-refractivity contribution in [2.24, 2.45) is 0 Å². The zero-order valence-corrected chi connectivity index (χ0v) is 8.51. The first kappa shape index (κ1) is 10.7. The van der Waals surface area contributed by atoms with E-state index in [1.807, 2.05) is 0 Å².